The molecule has 1 aromatic carbocycles. The third kappa shape index (κ3) is 2.66. The lowest BCUT2D eigenvalue weighted by Gasteiger charge is -2.24. The molecule has 0 unspecified atom stereocenters. The molecule has 0 saturated carbocycles. The Morgan fingerprint density at radius 3 is 3.00 bits per heavy atom. The molecule has 0 bridgehead atoms. The smallest absolute Gasteiger partial charge is 0.227 e. The van der Waals surface area contributed by atoms with Gasteiger partial charge in [-0.25, -0.2) is 0 Å². The zero-order valence-corrected chi connectivity index (χ0v) is 11.6. The van der Waals surface area contributed by atoms with E-state index in [1.54, 1.807) is 0 Å². The predicted molar refractivity (Wildman–Crippen MR) is 76.0 cm³/mol. The molecule has 0 spiro atoms. The fourth-order valence-corrected chi connectivity index (χ4v) is 3.33. The monoisotopic (exact) mass is 258 g/mol. The number of likely N-dealkylation sites (tertiary alicyclic amines) is 1. The molecule has 0 aromatic heterocycles. The van der Waals surface area contributed by atoms with Crippen LogP contribution < -0.4 is 5.32 Å². The Hall–Kier alpha value is -1.35. The van der Waals surface area contributed by atoms with Crippen molar-refractivity contribution in [3.63, 3.8) is 0 Å². The highest BCUT2D eigenvalue weighted by atomic mass is 16.2. The van der Waals surface area contributed by atoms with E-state index < -0.39 is 0 Å². The summed E-state index contributed by atoms with van der Waals surface area (Å²) in [5, 5.41) is 3.55. The molecule has 2 aliphatic rings. The summed E-state index contributed by atoms with van der Waals surface area (Å²) >= 11 is 0. The van der Waals surface area contributed by atoms with Crippen molar-refractivity contribution in [3.8, 4) is 0 Å². The number of piperidine rings is 1. The van der Waals surface area contributed by atoms with Crippen molar-refractivity contribution in [3.05, 3.63) is 35.4 Å². The number of aryl methyl sites for hydroxylation is 1. The van der Waals surface area contributed by atoms with Gasteiger partial charge in [-0.1, -0.05) is 24.3 Å². The molecule has 19 heavy (non-hydrogen) atoms. The first-order valence-electron chi connectivity index (χ1n) is 7.29. The van der Waals surface area contributed by atoms with Gasteiger partial charge in [-0.2, -0.15) is 0 Å². The molecule has 102 valence electrons. The molecule has 0 radical (unpaired) electrons. The van der Waals surface area contributed by atoms with Crippen molar-refractivity contribution in [2.75, 3.05) is 19.6 Å². The van der Waals surface area contributed by atoms with Crippen LogP contribution in [-0.2, 0) is 11.2 Å². The maximum Gasteiger partial charge on any atom is 0.227 e. The molecule has 2 atom stereocenters. The van der Waals surface area contributed by atoms with Crippen LogP contribution in [0.1, 0.15) is 24.0 Å². The first kappa shape index (κ1) is 12.7. The number of hydrogen-bond donors (Lipinski definition) is 1. The predicted octanol–water partition coefficient (Wildman–Crippen LogP) is 1.75. The lowest BCUT2D eigenvalue weighted by Crippen LogP contribution is -2.41. The third-order valence-corrected chi connectivity index (χ3v) is 4.55. The van der Waals surface area contributed by atoms with E-state index in [4.69, 9.17) is 0 Å². The van der Waals surface area contributed by atoms with E-state index in [2.05, 4.69) is 29.3 Å². The van der Waals surface area contributed by atoms with Crippen LogP contribution in [0.4, 0.5) is 0 Å². The van der Waals surface area contributed by atoms with Gasteiger partial charge in [-0.05, 0) is 43.4 Å². The maximum atomic E-state index is 12.4. The molecule has 0 aliphatic carbocycles. The molecular formula is C16H22N2O. The number of hydrogen-bond acceptors (Lipinski definition) is 2. The molecule has 2 aliphatic heterocycles. The fourth-order valence-electron chi connectivity index (χ4n) is 3.33. The highest BCUT2D eigenvalue weighted by molar-refractivity contribution is 5.79. The van der Waals surface area contributed by atoms with Crippen LogP contribution in [0, 0.1) is 12.8 Å². The Morgan fingerprint density at radius 1 is 1.37 bits per heavy atom. The van der Waals surface area contributed by atoms with Gasteiger partial charge in [-0.3, -0.25) is 4.79 Å². The van der Waals surface area contributed by atoms with Crippen molar-refractivity contribution in [2.24, 2.45) is 5.92 Å². The lowest BCUT2D eigenvalue weighted by atomic mass is 9.94. The summed E-state index contributed by atoms with van der Waals surface area (Å²) in [5.74, 6) is 0.958. The number of nitrogens with zero attached hydrogens (tertiary/aromatic N) is 1. The van der Waals surface area contributed by atoms with E-state index in [0.717, 1.165) is 25.2 Å². The molecule has 3 nitrogen and oxygen atoms in total. The van der Waals surface area contributed by atoms with Crippen LogP contribution in [0.2, 0.25) is 0 Å². The van der Waals surface area contributed by atoms with Crippen LogP contribution in [0.15, 0.2) is 24.3 Å². The molecular weight excluding hydrogens is 236 g/mol. The normalized spacial score (nSPS) is 26.3. The second kappa shape index (κ2) is 5.33. The molecule has 2 heterocycles. The summed E-state index contributed by atoms with van der Waals surface area (Å²) in [4.78, 5) is 14.5. The largest absolute Gasteiger partial charge is 0.341 e. The van der Waals surface area contributed by atoms with E-state index in [0.29, 0.717) is 18.4 Å². The summed E-state index contributed by atoms with van der Waals surface area (Å²) < 4.78 is 0. The van der Waals surface area contributed by atoms with E-state index in [1.807, 2.05) is 12.1 Å². The van der Waals surface area contributed by atoms with Crippen molar-refractivity contribution < 1.29 is 4.79 Å². The van der Waals surface area contributed by atoms with E-state index in [9.17, 15) is 4.79 Å². The first-order chi connectivity index (χ1) is 9.24. The Balaban J connectivity index is 1.64. The van der Waals surface area contributed by atoms with Gasteiger partial charge in [0, 0.05) is 19.1 Å². The summed E-state index contributed by atoms with van der Waals surface area (Å²) in [6.07, 6.45) is 3.07. The Bertz CT molecular complexity index is 458. The van der Waals surface area contributed by atoms with Crippen molar-refractivity contribution in [2.45, 2.75) is 32.2 Å². The van der Waals surface area contributed by atoms with Crippen LogP contribution in [-0.4, -0.2) is 36.5 Å². The second-order valence-corrected chi connectivity index (χ2v) is 5.86. The zero-order valence-electron chi connectivity index (χ0n) is 11.6. The van der Waals surface area contributed by atoms with Crippen LogP contribution in [0.5, 0.6) is 0 Å². The van der Waals surface area contributed by atoms with Crippen LogP contribution in [0.25, 0.3) is 0 Å². The molecule has 3 rings (SSSR count). The van der Waals surface area contributed by atoms with Crippen molar-refractivity contribution in [1.29, 1.82) is 0 Å². The van der Waals surface area contributed by atoms with Gasteiger partial charge in [0.15, 0.2) is 0 Å². The third-order valence-electron chi connectivity index (χ3n) is 4.55. The SMILES string of the molecule is Cc1ccccc1CC(=O)N1C[C@@H]2CCCN[C@@H]2C1. The average Bonchev–Trinajstić information content (AvgIpc) is 2.85. The van der Waals surface area contributed by atoms with Gasteiger partial charge < -0.3 is 10.2 Å². The minimum absolute atomic E-state index is 0.283. The van der Waals surface area contributed by atoms with Gasteiger partial charge in [0.25, 0.3) is 0 Å². The van der Waals surface area contributed by atoms with E-state index in [1.165, 1.54) is 18.4 Å². The highest BCUT2D eigenvalue weighted by Gasteiger charge is 2.36. The van der Waals surface area contributed by atoms with Crippen molar-refractivity contribution >= 4 is 5.91 Å². The molecule has 1 N–H and O–H groups in total. The van der Waals surface area contributed by atoms with E-state index in [-0.39, 0.29) is 5.91 Å². The van der Waals surface area contributed by atoms with Gasteiger partial charge in [0.2, 0.25) is 5.91 Å². The Morgan fingerprint density at radius 2 is 2.21 bits per heavy atom. The molecule has 2 fully saturated rings. The maximum absolute atomic E-state index is 12.4. The van der Waals surface area contributed by atoms with Crippen LogP contribution in [0.3, 0.4) is 0 Å². The summed E-state index contributed by atoms with van der Waals surface area (Å²) in [5.41, 5.74) is 2.38. The number of carbonyl (C=O) groups is 1. The summed E-state index contributed by atoms with van der Waals surface area (Å²) in [7, 11) is 0. The van der Waals surface area contributed by atoms with Gasteiger partial charge in [0.1, 0.15) is 0 Å². The number of amides is 1. The summed E-state index contributed by atoms with van der Waals surface area (Å²) in [6, 6.07) is 8.72. The lowest BCUT2D eigenvalue weighted by molar-refractivity contribution is -0.129. The Kier molecular flexibility index (Phi) is 3.56. The van der Waals surface area contributed by atoms with Gasteiger partial charge >= 0.3 is 0 Å². The minimum Gasteiger partial charge on any atom is -0.341 e. The number of fused-ring (bicyclic) bond motifs is 1. The number of rotatable bonds is 2. The topological polar surface area (TPSA) is 32.3 Å². The molecule has 1 aromatic rings. The Labute approximate surface area is 115 Å². The molecule has 3 heteroatoms. The molecule has 2 saturated heterocycles. The van der Waals surface area contributed by atoms with Gasteiger partial charge in [0.05, 0.1) is 6.42 Å². The first-order valence-corrected chi connectivity index (χ1v) is 7.29. The average molecular weight is 258 g/mol. The standard InChI is InChI=1S/C16H22N2O/c1-12-5-2-3-6-13(12)9-16(19)18-10-14-7-4-8-17-15(14)11-18/h2-3,5-6,14-15,17H,4,7-11H2,1H3/t14-,15+/m0/s1. The number of benzene rings is 1. The van der Waals surface area contributed by atoms with E-state index >= 15 is 0 Å². The van der Waals surface area contributed by atoms with Crippen LogP contribution >= 0.6 is 0 Å². The summed E-state index contributed by atoms with van der Waals surface area (Å²) in [6.45, 7) is 5.03. The quantitative estimate of drug-likeness (QED) is 0.876. The van der Waals surface area contributed by atoms with Gasteiger partial charge in [-0.15, -0.1) is 0 Å². The second-order valence-electron chi connectivity index (χ2n) is 5.86. The highest BCUT2D eigenvalue weighted by Crippen LogP contribution is 2.25. The number of nitrogens with one attached hydrogen (secondary N) is 1. The zero-order chi connectivity index (χ0) is 13.2. The number of carbonyl (C=O) groups excluding carboxylic acids is 1. The molecule has 1 amide bonds. The minimum atomic E-state index is 0.283. The van der Waals surface area contributed by atoms with Crippen molar-refractivity contribution in [1.82, 2.24) is 10.2 Å². The fraction of sp³-hybridized carbons (Fsp3) is 0.562.